The quantitative estimate of drug-likeness (QED) is 0.642. The van der Waals surface area contributed by atoms with Crippen molar-refractivity contribution in [3.8, 4) is 5.75 Å². The van der Waals surface area contributed by atoms with Crippen molar-refractivity contribution in [1.29, 1.82) is 0 Å². The van der Waals surface area contributed by atoms with Gasteiger partial charge in [-0.3, -0.25) is 14.9 Å². The number of aliphatic hydroxyl groups is 1. The highest BCUT2D eigenvalue weighted by molar-refractivity contribution is 5.33. The average molecular weight is 401 g/mol. The molecule has 0 bridgehead atoms. The van der Waals surface area contributed by atoms with Gasteiger partial charge in [0.1, 0.15) is 5.75 Å². The molecule has 0 aliphatic carbocycles. The molecule has 0 unspecified atom stereocenters. The third kappa shape index (κ3) is 6.29. The topological polar surface area (TPSA) is 64.6 Å². The molecule has 3 rings (SSSR count). The van der Waals surface area contributed by atoms with Gasteiger partial charge in [-0.25, -0.2) is 0 Å². The van der Waals surface area contributed by atoms with Gasteiger partial charge in [-0.05, 0) is 37.8 Å². The van der Waals surface area contributed by atoms with Gasteiger partial charge < -0.3 is 9.84 Å². The zero-order chi connectivity index (χ0) is 20.6. The second kappa shape index (κ2) is 10.8. The lowest BCUT2D eigenvalue weighted by Gasteiger charge is -2.41. The maximum absolute atomic E-state index is 9.62. The number of benzene rings is 1. The first kappa shape index (κ1) is 21.8. The van der Waals surface area contributed by atoms with Crippen LogP contribution in [0.4, 0.5) is 0 Å². The molecule has 2 N–H and O–H groups in total. The first-order chi connectivity index (χ1) is 14.1. The van der Waals surface area contributed by atoms with E-state index < -0.39 is 0 Å². The van der Waals surface area contributed by atoms with E-state index >= 15 is 0 Å². The Bertz CT molecular complexity index is 746. The van der Waals surface area contributed by atoms with E-state index in [0.717, 1.165) is 57.0 Å². The fraction of sp³-hybridized carbons (Fsp3) is 0.609. The van der Waals surface area contributed by atoms with Crippen molar-refractivity contribution in [1.82, 2.24) is 20.0 Å². The summed E-state index contributed by atoms with van der Waals surface area (Å²) in [5, 5.41) is 17.3. The molecule has 2 heterocycles. The molecule has 6 heteroatoms. The number of aromatic amines is 1. The first-order valence-corrected chi connectivity index (χ1v) is 10.9. The summed E-state index contributed by atoms with van der Waals surface area (Å²) >= 11 is 0. The van der Waals surface area contributed by atoms with E-state index in [1.807, 2.05) is 19.1 Å². The molecular formula is C23H36N4O2. The van der Waals surface area contributed by atoms with Crippen molar-refractivity contribution in [2.75, 3.05) is 32.8 Å². The van der Waals surface area contributed by atoms with E-state index in [9.17, 15) is 5.11 Å². The Kier molecular flexibility index (Phi) is 8.09. The molecule has 0 radical (unpaired) electrons. The summed E-state index contributed by atoms with van der Waals surface area (Å²) in [5.74, 6) is 1.58. The standard InChI is InChI=1S/C23H36N4O2/c1-4-29-23-8-6-5-7-19(23)15-27-11-10-26(17-22(27)9-12-28)16-21-14-20(24-25-21)13-18(2)3/h5-8,14,18,22,28H,4,9-13,15-17H2,1-3H3,(H,24,25)/t22-/m1/s1. The Labute approximate surface area is 174 Å². The van der Waals surface area contributed by atoms with E-state index in [1.165, 1.54) is 11.3 Å². The van der Waals surface area contributed by atoms with Gasteiger partial charge in [0.15, 0.2) is 0 Å². The van der Waals surface area contributed by atoms with Crippen molar-refractivity contribution in [3.05, 3.63) is 47.3 Å². The van der Waals surface area contributed by atoms with E-state index in [2.05, 4.69) is 52.0 Å². The minimum atomic E-state index is 0.213. The summed E-state index contributed by atoms with van der Waals surface area (Å²) < 4.78 is 5.81. The fourth-order valence-electron chi connectivity index (χ4n) is 4.14. The summed E-state index contributed by atoms with van der Waals surface area (Å²) in [5.41, 5.74) is 3.55. The Morgan fingerprint density at radius 1 is 1.24 bits per heavy atom. The molecule has 1 aliphatic rings. The molecule has 1 aromatic heterocycles. The highest BCUT2D eigenvalue weighted by Gasteiger charge is 2.27. The highest BCUT2D eigenvalue weighted by Crippen LogP contribution is 2.24. The number of rotatable bonds is 10. The van der Waals surface area contributed by atoms with Crippen LogP contribution in [-0.2, 0) is 19.5 Å². The number of ether oxygens (including phenoxy) is 1. The van der Waals surface area contributed by atoms with Gasteiger partial charge in [0.05, 0.1) is 12.3 Å². The second-order valence-corrected chi connectivity index (χ2v) is 8.39. The summed E-state index contributed by atoms with van der Waals surface area (Å²) in [7, 11) is 0. The number of H-pyrrole nitrogens is 1. The number of piperazine rings is 1. The van der Waals surface area contributed by atoms with Crippen LogP contribution < -0.4 is 4.74 Å². The molecule has 1 saturated heterocycles. The van der Waals surface area contributed by atoms with Crippen molar-refractivity contribution in [3.63, 3.8) is 0 Å². The van der Waals surface area contributed by atoms with Gasteiger partial charge in [0, 0.05) is 56.6 Å². The number of hydrogen-bond acceptors (Lipinski definition) is 5. The number of para-hydroxylation sites is 1. The Morgan fingerprint density at radius 3 is 2.83 bits per heavy atom. The van der Waals surface area contributed by atoms with Crippen LogP contribution in [0, 0.1) is 5.92 Å². The predicted molar refractivity (Wildman–Crippen MR) is 116 cm³/mol. The number of nitrogens with zero attached hydrogens (tertiary/aromatic N) is 3. The average Bonchev–Trinajstić information content (AvgIpc) is 3.12. The summed E-state index contributed by atoms with van der Waals surface area (Å²) in [6.45, 7) is 12.0. The Morgan fingerprint density at radius 2 is 2.07 bits per heavy atom. The maximum atomic E-state index is 9.62. The molecule has 0 saturated carbocycles. The maximum Gasteiger partial charge on any atom is 0.123 e. The van der Waals surface area contributed by atoms with Crippen LogP contribution in [0.3, 0.4) is 0 Å². The van der Waals surface area contributed by atoms with Gasteiger partial charge in [-0.1, -0.05) is 32.0 Å². The van der Waals surface area contributed by atoms with Gasteiger partial charge in [-0.2, -0.15) is 5.10 Å². The van der Waals surface area contributed by atoms with Crippen molar-refractivity contribution >= 4 is 0 Å². The van der Waals surface area contributed by atoms with Crippen molar-refractivity contribution in [2.45, 2.75) is 52.7 Å². The monoisotopic (exact) mass is 400 g/mol. The van der Waals surface area contributed by atoms with E-state index in [4.69, 9.17) is 4.74 Å². The molecule has 29 heavy (non-hydrogen) atoms. The molecule has 1 atom stereocenters. The molecule has 6 nitrogen and oxygen atoms in total. The fourth-order valence-corrected chi connectivity index (χ4v) is 4.14. The zero-order valence-corrected chi connectivity index (χ0v) is 18.1. The van der Waals surface area contributed by atoms with Crippen LogP contribution in [0.25, 0.3) is 0 Å². The Balaban J connectivity index is 1.61. The number of aromatic nitrogens is 2. The summed E-state index contributed by atoms with van der Waals surface area (Å²) in [6, 6.07) is 10.8. The number of aliphatic hydroxyl groups excluding tert-OH is 1. The van der Waals surface area contributed by atoms with Crippen LogP contribution in [0.2, 0.25) is 0 Å². The van der Waals surface area contributed by atoms with Gasteiger partial charge in [-0.15, -0.1) is 0 Å². The lowest BCUT2D eigenvalue weighted by molar-refractivity contribution is 0.0488. The SMILES string of the molecule is CCOc1ccccc1CN1CCN(Cc2cc(CC(C)C)n[nH]2)C[C@H]1CCO. The van der Waals surface area contributed by atoms with Crippen LogP contribution in [0.1, 0.15) is 44.1 Å². The first-order valence-electron chi connectivity index (χ1n) is 10.9. The third-order valence-electron chi connectivity index (χ3n) is 5.49. The predicted octanol–water partition coefficient (Wildman–Crippen LogP) is 3.08. The van der Waals surface area contributed by atoms with Gasteiger partial charge >= 0.3 is 0 Å². The van der Waals surface area contributed by atoms with E-state index in [-0.39, 0.29) is 6.61 Å². The van der Waals surface area contributed by atoms with Crippen LogP contribution in [0.15, 0.2) is 30.3 Å². The van der Waals surface area contributed by atoms with Gasteiger partial charge in [0.2, 0.25) is 0 Å². The normalized spacial score (nSPS) is 18.4. The van der Waals surface area contributed by atoms with Gasteiger partial charge in [0.25, 0.3) is 0 Å². The minimum absolute atomic E-state index is 0.213. The molecule has 2 aromatic rings. The zero-order valence-electron chi connectivity index (χ0n) is 18.1. The molecule has 0 amide bonds. The van der Waals surface area contributed by atoms with Crippen LogP contribution >= 0.6 is 0 Å². The summed E-state index contributed by atoms with van der Waals surface area (Å²) in [4.78, 5) is 4.96. The van der Waals surface area contributed by atoms with Crippen LogP contribution in [0.5, 0.6) is 5.75 Å². The van der Waals surface area contributed by atoms with Crippen molar-refractivity contribution < 1.29 is 9.84 Å². The Hall–Kier alpha value is -1.89. The number of hydrogen-bond donors (Lipinski definition) is 2. The lowest BCUT2D eigenvalue weighted by atomic mass is 10.1. The molecule has 1 fully saturated rings. The van der Waals surface area contributed by atoms with E-state index in [1.54, 1.807) is 0 Å². The van der Waals surface area contributed by atoms with E-state index in [0.29, 0.717) is 18.6 Å². The minimum Gasteiger partial charge on any atom is -0.494 e. The van der Waals surface area contributed by atoms with Crippen molar-refractivity contribution in [2.24, 2.45) is 5.92 Å². The lowest BCUT2D eigenvalue weighted by Crippen LogP contribution is -2.52. The molecule has 1 aliphatic heterocycles. The summed E-state index contributed by atoms with van der Waals surface area (Å²) in [6.07, 6.45) is 1.80. The second-order valence-electron chi connectivity index (χ2n) is 8.39. The smallest absolute Gasteiger partial charge is 0.123 e. The molecule has 0 spiro atoms. The largest absolute Gasteiger partial charge is 0.494 e. The third-order valence-corrected chi connectivity index (χ3v) is 5.49. The van der Waals surface area contributed by atoms with Crippen LogP contribution in [-0.4, -0.2) is 64.0 Å². The molecular weight excluding hydrogens is 364 g/mol. The molecule has 160 valence electrons. The highest BCUT2D eigenvalue weighted by atomic mass is 16.5. The number of nitrogens with one attached hydrogen (secondary N) is 1. The molecule has 1 aromatic carbocycles.